The van der Waals surface area contributed by atoms with Gasteiger partial charge in [-0.15, -0.1) is 0 Å². The average Bonchev–Trinajstić information content (AvgIpc) is 2.95. The molecule has 0 spiro atoms. The van der Waals surface area contributed by atoms with Crippen molar-refractivity contribution in [2.75, 3.05) is 6.54 Å². The van der Waals surface area contributed by atoms with Crippen LogP contribution in [0.5, 0.6) is 0 Å². The van der Waals surface area contributed by atoms with Crippen molar-refractivity contribution < 1.29 is 0 Å². The SMILES string of the molecule is CC(C)CC1=CCN2C(=C1)c1cc(-c3ccccc3)ccc1[C@H]2C(C)(C)C. The van der Waals surface area contributed by atoms with Gasteiger partial charge < -0.3 is 4.90 Å². The zero-order chi connectivity index (χ0) is 19.2. The molecule has 2 aromatic rings. The Morgan fingerprint density at radius 1 is 1.00 bits per heavy atom. The van der Waals surface area contributed by atoms with Gasteiger partial charge in [0.15, 0.2) is 0 Å². The predicted octanol–water partition coefficient (Wildman–Crippen LogP) is 7.08. The third-order valence-corrected chi connectivity index (χ3v) is 5.69. The van der Waals surface area contributed by atoms with Crippen LogP contribution in [0.3, 0.4) is 0 Å². The Kier molecular flexibility index (Phi) is 4.50. The van der Waals surface area contributed by atoms with Gasteiger partial charge in [0.25, 0.3) is 0 Å². The van der Waals surface area contributed by atoms with Crippen molar-refractivity contribution in [3.05, 3.63) is 77.4 Å². The lowest BCUT2D eigenvalue weighted by Crippen LogP contribution is -2.32. The van der Waals surface area contributed by atoms with Crippen LogP contribution in [0.25, 0.3) is 16.8 Å². The number of rotatable bonds is 3. The summed E-state index contributed by atoms with van der Waals surface area (Å²) < 4.78 is 0. The highest BCUT2D eigenvalue weighted by atomic mass is 15.2. The number of nitrogens with zero attached hydrogens (tertiary/aromatic N) is 1. The van der Waals surface area contributed by atoms with Crippen molar-refractivity contribution in [1.29, 1.82) is 0 Å². The molecule has 0 aromatic heterocycles. The second-order valence-electron chi connectivity index (χ2n) is 9.50. The molecule has 1 heteroatoms. The molecule has 2 aliphatic heterocycles. The van der Waals surface area contributed by atoms with Gasteiger partial charge in [0, 0.05) is 17.8 Å². The lowest BCUT2D eigenvalue weighted by atomic mass is 9.82. The van der Waals surface area contributed by atoms with Crippen molar-refractivity contribution in [3.8, 4) is 11.1 Å². The predicted molar refractivity (Wildman–Crippen MR) is 116 cm³/mol. The maximum Gasteiger partial charge on any atom is 0.0601 e. The number of benzene rings is 2. The first-order valence-corrected chi connectivity index (χ1v) is 10.2. The number of fused-ring (bicyclic) bond motifs is 3. The number of hydrogen-bond donors (Lipinski definition) is 0. The van der Waals surface area contributed by atoms with Crippen molar-refractivity contribution in [2.45, 2.75) is 47.1 Å². The molecule has 0 N–H and O–H groups in total. The van der Waals surface area contributed by atoms with Crippen LogP contribution in [-0.2, 0) is 0 Å². The third-order valence-electron chi connectivity index (χ3n) is 5.69. The first-order valence-electron chi connectivity index (χ1n) is 10.2. The summed E-state index contributed by atoms with van der Waals surface area (Å²) in [4.78, 5) is 2.61. The maximum absolute atomic E-state index is 2.61. The molecule has 0 unspecified atom stereocenters. The summed E-state index contributed by atoms with van der Waals surface area (Å²) in [6.45, 7) is 12.7. The van der Waals surface area contributed by atoms with Gasteiger partial charge in [-0.3, -0.25) is 0 Å². The summed E-state index contributed by atoms with van der Waals surface area (Å²) in [7, 11) is 0. The van der Waals surface area contributed by atoms with Crippen LogP contribution in [0, 0.1) is 11.3 Å². The molecule has 0 bridgehead atoms. The molecule has 0 fully saturated rings. The second kappa shape index (κ2) is 6.71. The van der Waals surface area contributed by atoms with Gasteiger partial charge in [0.05, 0.1) is 6.04 Å². The standard InChI is InChI=1S/C26H31N/c1-18(2)15-19-13-14-27-24(16-19)23-17-21(20-9-7-6-8-10-20)11-12-22(23)25(27)26(3,4)5/h6-13,16-18,25H,14-15H2,1-5H3/t25-/m0/s1. The van der Waals surface area contributed by atoms with Gasteiger partial charge in [0.1, 0.15) is 0 Å². The third kappa shape index (κ3) is 3.36. The van der Waals surface area contributed by atoms with E-state index in [0.29, 0.717) is 12.0 Å². The summed E-state index contributed by atoms with van der Waals surface area (Å²) in [5.41, 5.74) is 8.60. The molecule has 2 heterocycles. The van der Waals surface area contributed by atoms with E-state index in [0.717, 1.165) is 13.0 Å². The zero-order valence-electron chi connectivity index (χ0n) is 17.3. The molecule has 0 saturated heterocycles. The van der Waals surface area contributed by atoms with Crippen LogP contribution < -0.4 is 0 Å². The largest absolute Gasteiger partial charge is 0.360 e. The molecule has 2 aliphatic rings. The minimum atomic E-state index is 0.196. The smallest absolute Gasteiger partial charge is 0.0601 e. The monoisotopic (exact) mass is 357 g/mol. The highest BCUT2D eigenvalue weighted by Gasteiger charge is 2.41. The van der Waals surface area contributed by atoms with Gasteiger partial charge in [-0.2, -0.15) is 0 Å². The molecule has 140 valence electrons. The average molecular weight is 358 g/mol. The van der Waals surface area contributed by atoms with Crippen LogP contribution in [-0.4, -0.2) is 11.4 Å². The first kappa shape index (κ1) is 18.1. The molecule has 27 heavy (non-hydrogen) atoms. The van der Waals surface area contributed by atoms with Crippen LogP contribution in [0.4, 0.5) is 0 Å². The Hall–Kier alpha value is -2.28. The molecule has 2 aromatic carbocycles. The van der Waals surface area contributed by atoms with Crippen LogP contribution in [0.15, 0.2) is 66.3 Å². The molecular formula is C26H31N. The summed E-state index contributed by atoms with van der Waals surface area (Å²) >= 11 is 0. The fourth-order valence-electron chi connectivity index (χ4n) is 4.65. The topological polar surface area (TPSA) is 3.24 Å². The zero-order valence-corrected chi connectivity index (χ0v) is 17.3. The number of allylic oxidation sites excluding steroid dienone is 2. The number of hydrogen-bond acceptors (Lipinski definition) is 1. The highest BCUT2D eigenvalue weighted by Crippen LogP contribution is 2.51. The highest BCUT2D eigenvalue weighted by molar-refractivity contribution is 5.80. The van der Waals surface area contributed by atoms with Crippen molar-refractivity contribution >= 4 is 5.70 Å². The first-order chi connectivity index (χ1) is 12.8. The van der Waals surface area contributed by atoms with E-state index in [2.05, 4.69) is 100 Å². The molecule has 4 rings (SSSR count). The Bertz CT molecular complexity index is 894. The fraction of sp³-hybridized carbons (Fsp3) is 0.385. The Morgan fingerprint density at radius 2 is 1.74 bits per heavy atom. The van der Waals surface area contributed by atoms with Crippen molar-refractivity contribution in [3.63, 3.8) is 0 Å². The van der Waals surface area contributed by atoms with Gasteiger partial charge in [0.2, 0.25) is 0 Å². The van der Waals surface area contributed by atoms with Gasteiger partial charge in [-0.25, -0.2) is 0 Å². The minimum absolute atomic E-state index is 0.196. The van der Waals surface area contributed by atoms with E-state index < -0.39 is 0 Å². The lowest BCUT2D eigenvalue weighted by Gasteiger charge is -2.38. The lowest BCUT2D eigenvalue weighted by molar-refractivity contribution is 0.180. The van der Waals surface area contributed by atoms with Gasteiger partial charge in [-0.1, -0.05) is 83.2 Å². The second-order valence-corrected chi connectivity index (χ2v) is 9.50. The molecular weight excluding hydrogens is 326 g/mol. The van der Waals surface area contributed by atoms with Crippen LogP contribution >= 0.6 is 0 Å². The summed E-state index contributed by atoms with van der Waals surface area (Å²) in [5, 5.41) is 0. The quantitative estimate of drug-likeness (QED) is 0.567. The summed E-state index contributed by atoms with van der Waals surface area (Å²) in [6, 6.07) is 18.2. The molecule has 0 saturated carbocycles. The van der Waals surface area contributed by atoms with Crippen molar-refractivity contribution in [1.82, 2.24) is 4.90 Å². The molecule has 1 nitrogen and oxygen atoms in total. The van der Waals surface area contributed by atoms with Crippen molar-refractivity contribution in [2.24, 2.45) is 11.3 Å². The summed E-state index contributed by atoms with van der Waals surface area (Å²) in [6.07, 6.45) is 6.04. The molecule has 1 atom stereocenters. The van der Waals surface area contributed by atoms with E-state index >= 15 is 0 Å². The van der Waals surface area contributed by atoms with E-state index in [1.807, 2.05) is 0 Å². The van der Waals surface area contributed by atoms with E-state index in [1.54, 1.807) is 0 Å². The van der Waals surface area contributed by atoms with E-state index in [9.17, 15) is 0 Å². The molecule has 0 aliphatic carbocycles. The fourth-order valence-corrected chi connectivity index (χ4v) is 4.65. The van der Waals surface area contributed by atoms with Crippen LogP contribution in [0.2, 0.25) is 0 Å². The van der Waals surface area contributed by atoms with E-state index in [-0.39, 0.29) is 5.41 Å². The Balaban J connectivity index is 1.83. The van der Waals surface area contributed by atoms with Gasteiger partial charge in [-0.05, 0) is 52.2 Å². The summed E-state index contributed by atoms with van der Waals surface area (Å²) in [5.74, 6) is 0.689. The van der Waals surface area contributed by atoms with Crippen LogP contribution in [0.1, 0.15) is 58.2 Å². The maximum atomic E-state index is 2.61. The Morgan fingerprint density at radius 3 is 2.41 bits per heavy atom. The minimum Gasteiger partial charge on any atom is -0.360 e. The van der Waals surface area contributed by atoms with E-state index in [1.165, 1.54) is 33.5 Å². The normalized spacial score (nSPS) is 18.9. The molecule has 0 radical (unpaired) electrons. The Labute approximate surface area is 164 Å². The van der Waals surface area contributed by atoms with Gasteiger partial charge >= 0.3 is 0 Å². The van der Waals surface area contributed by atoms with E-state index in [4.69, 9.17) is 0 Å². The molecule has 0 amide bonds.